The van der Waals surface area contributed by atoms with E-state index in [1.165, 1.54) is 0 Å². The van der Waals surface area contributed by atoms with E-state index >= 15 is 0 Å². The Morgan fingerprint density at radius 1 is 1.05 bits per heavy atom. The van der Waals surface area contributed by atoms with Gasteiger partial charge in [-0.05, 0) is 23.8 Å². The molecule has 0 aliphatic carbocycles. The molecule has 0 spiro atoms. The summed E-state index contributed by atoms with van der Waals surface area (Å²) in [6.07, 6.45) is 3.75. The minimum Gasteiger partial charge on any atom is -0.294 e. The van der Waals surface area contributed by atoms with E-state index in [-0.39, 0.29) is 5.78 Å². The van der Waals surface area contributed by atoms with Gasteiger partial charge in [0.1, 0.15) is 0 Å². The van der Waals surface area contributed by atoms with Gasteiger partial charge in [-0.25, -0.2) is 4.68 Å². The van der Waals surface area contributed by atoms with Crippen LogP contribution in [0, 0.1) is 0 Å². The average Bonchev–Trinajstić information content (AvgIpc) is 3.00. The molecule has 104 valence electrons. The molecule has 0 saturated carbocycles. The molecule has 1 aromatic heterocycles. The van der Waals surface area contributed by atoms with Crippen LogP contribution in [0.4, 0.5) is 0 Å². The molecule has 0 fully saturated rings. The fourth-order valence-electron chi connectivity index (χ4n) is 2.11. The number of carbonyl (C=O) groups excluding carboxylic acids is 1. The Labute approximate surface area is 131 Å². The zero-order valence-electron chi connectivity index (χ0n) is 11.2. The Kier molecular flexibility index (Phi) is 3.97. The molecule has 3 nitrogen and oxygen atoms in total. The first-order chi connectivity index (χ1) is 10.2. The molecule has 0 saturated heterocycles. The van der Waals surface area contributed by atoms with Crippen LogP contribution in [0.5, 0.6) is 0 Å². The van der Waals surface area contributed by atoms with E-state index in [0.717, 1.165) is 15.7 Å². The number of aromatic nitrogens is 2. The summed E-state index contributed by atoms with van der Waals surface area (Å²) in [5.74, 6) is 0.0593. The first-order valence-corrected chi connectivity index (χ1v) is 7.40. The third-order valence-corrected chi connectivity index (χ3v) is 4.01. The Morgan fingerprint density at radius 3 is 2.52 bits per heavy atom. The van der Waals surface area contributed by atoms with Crippen molar-refractivity contribution in [3.63, 3.8) is 0 Å². The van der Waals surface area contributed by atoms with Crippen molar-refractivity contribution in [1.82, 2.24) is 9.78 Å². The highest BCUT2D eigenvalue weighted by Gasteiger charge is 2.11. The molecule has 0 N–H and O–H groups in total. The molecule has 1 heterocycles. The van der Waals surface area contributed by atoms with Gasteiger partial charge in [0.2, 0.25) is 0 Å². The lowest BCUT2D eigenvalue weighted by Gasteiger charge is -2.02. The maximum Gasteiger partial charge on any atom is 0.170 e. The van der Waals surface area contributed by atoms with Gasteiger partial charge in [0.15, 0.2) is 5.78 Å². The zero-order valence-corrected chi connectivity index (χ0v) is 12.8. The summed E-state index contributed by atoms with van der Waals surface area (Å²) in [7, 11) is 0. The number of hydrogen-bond donors (Lipinski definition) is 0. The normalized spacial score (nSPS) is 10.5. The van der Waals surface area contributed by atoms with Gasteiger partial charge in [-0.2, -0.15) is 5.10 Å². The molecular formula is C17H13BrN2O. The van der Waals surface area contributed by atoms with E-state index < -0.39 is 0 Å². The third kappa shape index (κ3) is 3.11. The minimum absolute atomic E-state index is 0.0593. The Balaban J connectivity index is 1.80. The van der Waals surface area contributed by atoms with Crippen molar-refractivity contribution < 1.29 is 4.79 Å². The van der Waals surface area contributed by atoms with Gasteiger partial charge in [0.25, 0.3) is 0 Å². The standard InChI is InChI=1S/C17H13BrN2O/c18-16-9-5-4-6-13(16)10-17(21)14-11-19-20(12-14)15-7-2-1-3-8-15/h1-9,11-12H,10H2. The van der Waals surface area contributed by atoms with Crippen LogP contribution in [0.25, 0.3) is 5.69 Å². The maximum atomic E-state index is 12.3. The summed E-state index contributed by atoms with van der Waals surface area (Å²) in [5.41, 5.74) is 2.54. The molecule has 3 rings (SSSR count). The number of ketones is 1. The predicted molar refractivity (Wildman–Crippen MR) is 85.7 cm³/mol. The van der Waals surface area contributed by atoms with Crippen LogP contribution in [-0.4, -0.2) is 15.6 Å². The van der Waals surface area contributed by atoms with Crippen molar-refractivity contribution in [2.45, 2.75) is 6.42 Å². The highest BCUT2D eigenvalue weighted by atomic mass is 79.9. The maximum absolute atomic E-state index is 12.3. The Bertz CT molecular complexity index is 765. The lowest BCUT2D eigenvalue weighted by atomic mass is 10.1. The molecule has 0 unspecified atom stereocenters. The molecule has 2 aromatic carbocycles. The number of nitrogens with zero attached hydrogens (tertiary/aromatic N) is 2. The van der Waals surface area contributed by atoms with Crippen molar-refractivity contribution in [1.29, 1.82) is 0 Å². The minimum atomic E-state index is 0.0593. The van der Waals surface area contributed by atoms with E-state index in [0.29, 0.717) is 12.0 Å². The number of carbonyl (C=O) groups is 1. The SMILES string of the molecule is O=C(Cc1ccccc1Br)c1cnn(-c2ccccc2)c1. The first kappa shape index (κ1) is 13.8. The molecule has 4 heteroatoms. The molecule has 0 amide bonds. The number of rotatable bonds is 4. The lowest BCUT2D eigenvalue weighted by molar-refractivity contribution is 0.0993. The molecule has 0 aliphatic rings. The second-order valence-corrected chi connectivity index (χ2v) is 5.55. The first-order valence-electron chi connectivity index (χ1n) is 6.61. The van der Waals surface area contributed by atoms with Crippen molar-refractivity contribution in [3.05, 3.63) is 82.6 Å². The van der Waals surface area contributed by atoms with Crippen molar-refractivity contribution in [2.24, 2.45) is 0 Å². The summed E-state index contributed by atoms with van der Waals surface area (Å²) in [4.78, 5) is 12.3. The molecule has 21 heavy (non-hydrogen) atoms. The van der Waals surface area contributed by atoms with Gasteiger partial charge in [0.05, 0.1) is 17.4 Å². The van der Waals surface area contributed by atoms with E-state index in [4.69, 9.17) is 0 Å². The van der Waals surface area contributed by atoms with Gasteiger partial charge in [-0.15, -0.1) is 0 Å². The van der Waals surface area contributed by atoms with Gasteiger partial charge < -0.3 is 0 Å². The fourth-order valence-corrected chi connectivity index (χ4v) is 2.53. The van der Waals surface area contributed by atoms with Crippen LogP contribution < -0.4 is 0 Å². The van der Waals surface area contributed by atoms with Crippen molar-refractivity contribution >= 4 is 21.7 Å². The van der Waals surface area contributed by atoms with Crippen LogP contribution in [0.1, 0.15) is 15.9 Å². The third-order valence-electron chi connectivity index (χ3n) is 3.23. The number of halogens is 1. The van der Waals surface area contributed by atoms with Gasteiger partial charge >= 0.3 is 0 Å². The van der Waals surface area contributed by atoms with Crippen LogP contribution in [-0.2, 0) is 6.42 Å². The topological polar surface area (TPSA) is 34.9 Å². The molecule has 0 atom stereocenters. The van der Waals surface area contributed by atoms with E-state index in [9.17, 15) is 4.79 Å². The second-order valence-electron chi connectivity index (χ2n) is 4.70. The van der Waals surface area contributed by atoms with Crippen molar-refractivity contribution in [2.75, 3.05) is 0 Å². The molecular weight excluding hydrogens is 328 g/mol. The van der Waals surface area contributed by atoms with Gasteiger partial charge in [-0.3, -0.25) is 4.79 Å². The largest absolute Gasteiger partial charge is 0.294 e. The van der Waals surface area contributed by atoms with Crippen molar-refractivity contribution in [3.8, 4) is 5.69 Å². The Morgan fingerprint density at radius 2 is 1.76 bits per heavy atom. The van der Waals surface area contributed by atoms with Gasteiger partial charge in [0, 0.05) is 17.1 Å². The molecule has 0 bridgehead atoms. The van der Waals surface area contributed by atoms with E-state index in [2.05, 4.69) is 21.0 Å². The lowest BCUT2D eigenvalue weighted by Crippen LogP contribution is -2.03. The number of benzene rings is 2. The summed E-state index contributed by atoms with van der Waals surface area (Å²) < 4.78 is 2.67. The van der Waals surface area contributed by atoms with E-state index in [1.54, 1.807) is 17.1 Å². The summed E-state index contributed by atoms with van der Waals surface area (Å²) >= 11 is 3.47. The molecule has 3 aromatic rings. The van der Waals surface area contributed by atoms with E-state index in [1.807, 2.05) is 54.6 Å². The van der Waals surface area contributed by atoms with Crippen LogP contribution in [0.2, 0.25) is 0 Å². The highest BCUT2D eigenvalue weighted by molar-refractivity contribution is 9.10. The van der Waals surface area contributed by atoms with Gasteiger partial charge in [-0.1, -0.05) is 52.3 Å². The smallest absolute Gasteiger partial charge is 0.170 e. The van der Waals surface area contributed by atoms with Crippen LogP contribution in [0.3, 0.4) is 0 Å². The fraction of sp³-hybridized carbons (Fsp3) is 0.0588. The molecule has 0 aliphatic heterocycles. The Hall–Kier alpha value is -2.20. The van der Waals surface area contributed by atoms with Crippen LogP contribution >= 0.6 is 15.9 Å². The molecule has 0 radical (unpaired) electrons. The summed E-state index contributed by atoms with van der Waals surface area (Å²) in [5, 5.41) is 4.26. The number of Topliss-reactive ketones (excluding diaryl/α,β-unsaturated/α-hetero) is 1. The number of hydrogen-bond acceptors (Lipinski definition) is 2. The quantitative estimate of drug-likeness (QED) is 0.671. The second kappa shape index (κ2) is 6.06. The summed E-state index contributed by atoms with van der Waals surface area (Å²) in [6, 6.07) is 17.5. The predicted octanol–water partition coefficient (Wildman–Crippen LogP) is 4.06. The monoisotopic (exact) mass is 340 g/mol. The number of para-hydroxylation sites is 1. The zero-order chi connectivity index (χ0) is 14.7. The van der Waals surface area contributed by atoms with Crippen LogP contribution in [0.15, 0.2) is 71.5 Å². The highest BCUT2D eigenvalue weighted by Crippen LogP contribution is 2.18. The average molecular weight is 341 g/mol. The summed E-state index contributed by atoms with van der Waals surface area (Å²) in [6.45, 7) is 0.